The molecule has 1 saturated carbocycles. The third kappa shape index (κ3) is 6.82. The number of hydrogen-bond donors (Lipinski definition) is 3. The standard InChI is InChI=1S/C25H35N5O4/c1-15-10-9-11-17(14-15)27-21-20(22(31)33-6)16(2)26-23(30-21)28-18-12-7-8-13-19(18)29-24(32)34-25(3,4)5/h9-11,14,18-19H,7-8,12-13H2,1-6H3,(H,29,32)(H2,26,27,28,30). The number of rotatable bonds is 6. The van der Waals surface area contributed by atoms with Crippen molar-refractivity contribution in [1.82, 2.24) is 15.3 Å². The Morgan fingerprint density at radius 1 is 1.06 bits per heavy atom. The van der Waals surface area contributed by atoms with Crippen molar-refractivity contribution in [3.8, 4) is 0 Å². The number of benzene rings is 1. The number of aromatic nitrogens is 2. The quantitative estimate of drug-likeness (QED) is 0.513. The first kappa shape index (κ1) is 25.3. The van der Waals surface area contributed by atoms with E-state index in [0.29, 0.717) is 17.5 Å². The van der Waals surface area contributed by atoms with Crippen LogP contribution in [-0.2, 0) is 9.47 Å². The van der Waals surface area contributed by atoms with Crippen LogP contribution in [0.25, 0.3) is 0 Å². The SMILES string of the molecule is COC(=O)c1c(C)nc(NC2CCCCC2NC(=O)OC(C)(C)C)nc1Nc1cccc(C)c1. The van der Waals surface area contributed by atoms with E-state index in [1.807, 2.05) is 52.0 Å². The van der Waals surface area contributed by atoms with E-state index in [2.05, 4.69) is 25.9 Å². The van der Waals surface area contributed by atoms with Crippen molar-refractivity contribution in [2.75, 3.05) is 17.7 Å². The van der Waals surface area contributed by atoms with E-state index in [1.165, 1.54) is 7.11 Å². The van der Waals surface area contributed by atoms with Gasteiger partial charge in [0.05, 0.1) is 18.8 Å². The van der Waals surface area contributed by atoms with Crippen LogP contribution in [0.5, 0.6) is 0 Å². The van der Waals surface area contributed by atoms with Crippen molar-refractivity contribution < 1.29 is 19.1 Å². The van der Waals surface area contributed by atoms with E-state index in [1.54, 1.807) is 6.92 Å². The summed E-state index contributed by atoms with van der Waals surface area (Å²) in [6, 6.07) is 7.59. The number of anilines is 3. The summed E-state index contributed by atoms with van der Waals surface area (Å²) >= 11 is 0. The Labute approximate surface area is 201 Å². The van der Waals surface area contributed by atoms with Gasteiger partial charge in [-0.05, 0) is 65.2 Å². The Morgan fingerprint density at radius 2 is 1.76 bits per heavy atom. The molecular weight excluding hydrogens is 434 g/mol. The second kappa shape index (κ2) is 10.7. The molecule has 0 saturated heterocycles. The Hall–Kier alpha value is -3.36. The molecule has 1 aromatic heterocycles. The normalized spacial score (nSPS) is 18.1. The predicted molar refractivity (Wildman–Crippen MR) is 132 cm³/mol. The molecule has 2 atom stereocenters. The second-order valence-electron chi connectivity index (χ2n) is 9.63. The summed E-state index contributed by atoms with van der Waals surface area (Å²) in [7, 11) is 1.33. The average molecular weight is 470 g/mol. The minimum Gasteiger partial charge on any atom is -0.465 e. The minimum atomic E-state index is -0.567. The van der Waals surface area contributed by atoms with Gasteiger partial charge in [0.1, 0.15) is 11.2 Å². The van der Waals surface area contributed by atoms with E-state index in [-0.39, 0.29) is 17.6 Å². The van der Waals surface area contributed by atoms with Gasteiger partial charge in [0.15, 0.2) is 5.82 Å². The van der Waals surface area contributed by atoms with Gasteiger partial charge in [0.25, 0.3) is 0 Å². The van der Waals surface area contributed by atoms with Crippen LogP contribution in [0, 0.1) is 13.8 Å². The van der Waals surface area contributed by atoms with E-state index in [4.69, 9.17) is 9.47 Å². The van der Waals surface area contributed by atoms with Gasteiger partial charge in [-0.25, -0.2) is 14.6 Å². The van der Waals surface area contributed by atoms with Crippen LogP contribution in [0.3, 0.4) is 0 Å². The number of aryl methyl sites for hydroxylation is 2. The summed E-state index contributed by atoms with van der Waals surface area (Å²) in [5.74, 6) is 0.226. The number of hydrogen-bond acceptors (Lipinski definition) is 8. The number of methoxy groups -OCH3 is 1. The maximum absolute atomic E-state index is 12.5. The molecule has 0 spiro atoms. The third-order valence-corrected chi connectivity index (χ3v) is 5.54. The average Bonchev–Trinajstić information content (AvgIpc) is 2.73. The van der Waals surface area contributed by atoms with Gasteiger partial charge >= 0.3 is 12.1 Å². The number of nitrogens with one attached hydrogen (secondary N) is 3. The molecule has 2 unspecified atom stereocenters. The topological polar surface area (TPSA) is 114 Å². The molecule has 1 heterocycles. The summed E-state index contributed by atoms with van der Waals surface area (Å²) in [6.07, 6.45) is 3.27. The van der Waals surface area contributed by atoms with Gasteiger partial charge in [-0.1, -0.05) is 25.0 Å². The smallest absolute Gasteiger partial charge is 0.407 e. The molecule has 34 heavy (non-hydrogen) atoms. The predicted octanol–water partition coefficient (Wildman–Crippen LogP) is 4.87. The highest BCUT2D eigenvalue weighted by atomic mass is 16.6. The maximum Gasteiger partial charge on any atom is 0.407 e. The first-order chi connectivity index (χ1) is 16.1. The Bertz CT molecular complexity index is 1030. The van der Waals surface area contributed by atoms with Crippen molar-refractivity contribution >= 4 is 29.5 Å². The molecule has 1 aromatic carbocycles. The number of amides is 1. The van der Waals surface area contributed by atoms with Gasteiger partial charge in [0.2, 0.25) is 5.95 Å². The van der Waals surface area contributed by atoms with Crippen molar-refractivity contribution in [1.29, 1.82) is 0 Å². The van der Waals surface area contributed by atoms with Crippen LogP contribution < -0.4 is 16.0 Å². The van der Waals surface area contributed by atoms with E-state index < -0.39 is 17.7 Å². The van der Waals surface area contributed by atoms with E-state index >= 15 is 0 Å². The van der Waals surface area contributed by atoms with Crippen LogP contribution >= 0.6 is 0 Å². The number of ether oxygens (including phenoxy) is 2. The molecule has 184 valence electrons. The van der Waals surface area contributed by atoms with Crippen LogP contribution in [0.2, 0.25) is 0 Å². The molecule has 9 nitrogen and oxygen atoms in total. The lowest BCUT2D eigenvalue weighted by Crippen LogP contribution is -2.50. The number of carbonyl (C=O) groups excluding carboxylic acids is 2. The highest BCUT2D eigenvalue weighted by Gasteiger charge is 2.30. The lowest BCUT2D eigenvalue weighted by molar-refractivity contribution is 0.0487. The second-order valence-corrected chi connectivity index (χ2v) is 9.63. The maximum atomic E-state index is 12.5. The fourth-order valence-corrected chi connectivity index (χ4v) is 4.04. The van der Waals surface area contributed by atoms with E-state index in [0.717, 1.165) is 36.9 Å². The minimum absolute atomic E-state index is 0.0727. The lowest BCUT2D eigenvalue weighted by atomic mass is 9.90. The van der Waals surface area contributed by atoms with Crippen LogP contribution in [0.1, 0.15) is 68.1 Å². The molecule has 1 fully saturated rings. The lowest BCUT2D eigenvalue weighted by Gasteiger charge is -2.33. The summed E-state index contributed by atoms with van der Waals surface area (Å²) < 4.78 is 10.4. The molecule has 0 aliphatic heterocycles. The zero-order valence-electron chi connectivity index (χ0n) is 20.8. The highest BCUT2D eigenvalue weighted by Crippen LogP contribution is 2.26. The monoisotopic (exact) mass is 469 g/mol. The summed E-state index contributed by atoms with van der Waals surface area (Å²) in [4.78, 5) is 34.0. The molecule has 0 bridgehead atoms. The first-order valence-corrected chi connectivity index (χ1v) is 11.6. The molecule has 3 N–H and O–H groups in total. The fraction of sp³-hybridized carbons (Fsp3) is 0.520. The molecule has 1 amide bonds. The summed E-state index contributed by atoms with van der Waals surface area (Å²) in [5.41, 5.74) is 2.08. The van der Waals surface area contributed by atoms with Crippen molar-refractivity contribution in [3.05, 3.63) is 41.1 Å². The molecule has 3 rings (SSSR count). The first-order valence-electron chi connectivity index (χ1n) is 11.6. The Kier molecular flexibility index (Phi) is 7.96. The van der Waals surface area contributed by atoms with Gasteiger partial charge in [-0.15, -0.1) is 0 Å². The van der Waals surface area contributed by atoms with Crippen molar-refractivity contribution in [2.45, 2.75) is 78.0 Å². The third-order valence-electron chi connectivity index (χ3n) is 5.54. The molecule has 9 heteroatoms. The number of nitrogens with zero attached hydrogens (tertiary/aromatic N) is 2. The Morgan fingerprint density at radius 3 is 2.41 bits per heavy atom. The molecular formula is C25H35N5O4. The molecule has 0 radical (unpaired) electrons. The summed E-state index contributed by atoms with van der Waals surface area (Å²) in [6.45, 7) is 9.26. The zero-order chi connectivity index (χ0) is 24.9. The largest absolute Gasteiger partial charge is 0.465 e. The number of carbonyl (C=O) groups is 2. The van der Waals surface area contributed by atoms with Crippen LogP contribution in [0.15, 0.2) is 24.3 Å². The van der Waals surface area contributed by atoms with Gasteiger partial charge < -0.3 is 25.4 Å². The molecule has 1 aliphatic rings. The number of esters is 1. The van der Waals surface area contributed by atoms with E-state index in [9.17, 15) is 9.59 Å². The fourth-order valence-electron chi connectivity index (χ4n) is 4.04. The van der Waals surface area contributed by atoms with Crippen molar-refractivity contribution in [3.63, 3.8) is 0 Å². The highest BCUT2D eigenvalue weighted by molar-refractivity contribution is 5.96. The van der Waals surface area contributed by atoms with Crippen LogP contribution in [-0.4, -0.2) is 46.8 Å². The zero-order valence-corrected chi connectivity index (χ0v) is 20.8. The summed E-state index contributed by atoms with van der Waals surface area (Å²) in [5, 5.41) is 9.60. The molecule has 1 aliphatic carbocycles. The number of alkyl carbamates (subject to hydrolysis) is 1. The van der Waals surface area contributed by atoms with Gasteiger partial charge in [-0.3, -0.25) is 0 Å². The van der Waals surface area contributed by atoms with Crippen LogP contribution in [0.4, 0.5) is 22.2 Å². The van der Waals surface area contributed by atoms with Gasteiger partial charge in [-0.2, -0.15) is 4.98 Å². The Balaban J connectivity index is 1.85. The van der Waals surface area contributed by atoms with Crippen molar-refractivity contribution in [2.24, 2.45) is 0 Å². The van der Waals surface area contributed by atoms with Gasteiger partial charge in [0, 0.05) is 11.7 Å². The molecule has 2 aromatic rings.